The molecule has 0 saturated carbocycles. The summed E-state index contributed by atoms with van der Waals surface area (Å²) < 4.78 is 5.24. The molecule has 0 spiro atoms. The van der Waals surface area contributed by atoms with Crippen molar-refractivity contribution in [2.24, 2.45) is 0 Å². The van der Waals surface area contributed by atoms with E-state index in [2.05, 4.69) is 0 Å². The fourth-order valence-corrected chi connectivity index (χ4v) is 2.73. The van der Waals surface area contributed by atoms with Crippen LogP contribution < -0.4 is 5.63 Å². The lowest BCUT2D eigenvalue weighted by Gasteiger charge is -2.13. The molecular weight excluding hydrogens is 196 g/mol. The van der Waals surface area contributed by atoms with Gasteiger partial charge in [-0.25, -0.2) is 4.79 Å². The molecule has 0 unspecified atom stereocenters. The van der Waals surface area contributed by atoms with Crippen molar-refractivity contribution in [1.29, 1.82) is 0 Å². The summed E-state index contributed by atoms with van der Waals surface area (Å²) in [5.74, 6) is 0.778. The number of fused-ring (bicyclic) bond motifs is 3. The largest absolute Gasteiger partial charge is 0.422 e. The molecule has 2 aromatic rings. The van der Waals surface area contributed by atoms with Crippen LogP contribution in [0.15, 0.2) is 32.8 Å². The van der Waals surface area contributed by atoms with Crippen molar-refractivity contribution in [3.63, 3.8) is 0 Å². The van der Waals surface area contributed by atoms with Gasteiger partial charge in [0.15, 0.2) is 0 Å². The Labute approximate surface area is 84.8 Å². The van der Waals surface area contributed by atoms with Gasteiger partial charge in [0, 0.05) is 16.5 Å². The predicted octanol–water partition coefficient (Wildman–Crippen LogP) is 2.47. The highest BCUT2D eigenvalue weighted by Crippen LogP contribution is 2.35. The van der Waals surface area contributed by atoms with Crippen LogP contribution in [-0.4, -0.2) is 0 Å². The van der Waals surface area contributed by atoms with Crippen LogP contribution in [0.25, 0.3) is 11.3 Å². The molecule has 0 saturated heterocycles. The maximum absolute atomic E-state index is 11.1. The molecule has 0 amide bonds. The highest BCUT2D eigenvalue weighted by Gasteiger charge is 2.19. The molecule has 0 radical (unpaired) electrons. The fourth-order valence-electron chi connectivity index (χ4n) is 1.85. The van der Waals surface area contributed by atoms with Crippen LogP contribution in [0, 0.1) is 0 Å². The summed E-state index contributed by atoms with van der Waals surface area (Å²) in [7, 11) is 0. The van der Waals surface area contributed by atoms with Gasteiger partial charge in [0.1, 0.15) is 5.76 Å². The summed E-state index contributed by atoms with van der Waals surface area (Å²) in [5, 5.41) is 2.05. The van der Waals surface area contributed by atoms with Crippen LogP contribution in [0.3, 0.4) is 0 Å². The minimum atomic E-state index is -0.261. The third-order valence-electron chi connectivity index (χ3n) is 2.53. The average Bonchev–Trinajstić information content (AvgIpc) is 2.65. The van der Waals surface area contributed by atoms with Gasteiger partial charge in [-0.1, -0.05) is 0 Å². The molecular formula is C11H8O2S. The summed E-state index contributed by atoms with van der Waals surface area (Å²) >= 11 is 1.73. The summed E-state index contributed by atoms with van der Waals surface area (Å²) in [4.78, 5) is 12.4. The second-order valence-corrected chi connectivity index (χ2v) is 4.37. The molecule has 14 heavy (non-hydrogen) atoms. The maximum atomic E-state index is 11.1. The standard InChI is InChI=1S/C11H8O2S/c12-10-4-2-7-1-3-9-8(5-6-14-9)11(7)13-10/h2,4-6H,1,3H2. The Morgan fingerprint density at radius 3 is 3.07 bits per heavy atom. The van der Waals surface area contributed by atoms with Crippen LogP contribution in [0.4, 0.5) is 0 Å². The van der Waals surface area contributed by atoms with Crippen LogP contribution >= 0.6 is 11.3 Å². The number of thiophene rings is 1. The predicted molar refractivity (Wildman–Crippen MR) is 55.7 cm³/mol. The van der Waals surface area contributed by atoms with Crippen molar-refractivity contribution in [2.75, 3.05) is 0 Å². The van der Waals surface area contributed by atoms with E-state index in [9.17, 15) is 4.79 Å². The second kappa shape index (κ2) is 2.82. The zero-order chi connectivity index (χ0) is 9.54. The summed E-state index contributed by atoms with van der Waals surface area (Å²) in [6.07, 6.45) is 2.04. The van der Waals surface area contributed by atoms with Gasteiger partial charge >= 0.3 is 5.63 Å². The van der Waals surface area contributed by atoms with Crippen molar-refractivity contribution in [3.05, 3.63) is 44.4 Å². The van der Waals surface area contributed by atoms with Gasteiger partial charge in [-0.05, 0) is 35.9 Å². The molecule has 1 aliphatic carbocycles. The highest BCUT2D eigenvalue weighted by molar-refractivity contribution is 7.10. The Hall–Kier alpha value is -1.35. The first-order valence-electron chi connectivity index (χ1n) is 4.54. The van der Waals surface area contributed by atoms with E-state index < -0.39 is 0 Å². The number of rotatable bonds is 0. The van der Waals surface area contributed by atoms with Gasteiger partial charge in [0.2, 0.25) is 0 Å². The molecule has 0 atom stereocenters. The molecule has 0 aliphatic heterocycles. The third kappa shape index (κ3) is 1.06. The third-order valence-corrected chi connectivity index (χ3v) is 3.51. The smallest absolute Gasteiger partial charge is 0.336 e. The van der Waals surface area contributed by atoms with Crippen LogP contribution in [0.2, 0.25) is 0 Å². The van der Waals surface area contributed by atoms with Gasteiger partial charge < -0.3 is 4.42 Å². The van der Waals surface area contributed by atoms with E-state index in [-0.39, 0.29) is 5.63 Å². The molecule has 3 heteroatoms. The normalized spacial score (nSPS) is 13.4. The van der Waals surface area contributed by atoms with E-state index in [1.807, 2.05) is 17.5 Å². The van der Waals surface area contributed by atoms with Crippen LogP contribution in [-0.2, 0) is 12.8 Å². The molecule has 3 rings (SSSR count). The first-order valence-corrected chi connectivity index (χ1v) is 5.42. The van der Waals surface area contributed by atoms with E-state index in [4.69, 9.17) is 4.42 Å². The number of hydrogen-bond acceptors (Lipinski definition) is 3. The molecule has 1 aliphatic rings. The van der Waals surface area contributed by atoms with Gasteiger partial charge in [-0.15, -0.1) is 11.3 Å². The van der Waals surface area contributed by atoms with Crippen molar-refractivity contribution in [1.82, 2.24) is 0 Å². The molecule has 2 aromatic heterocycles. The minimum absolute atomic E-state index is 0.261. The van der Waals surface area contributed by atoms with Crippen LogP contribution in [0.5, 0.6) is 0 Å². The molecule has 0 aromatic carbocycles. The topological polar surface area (TPSA) is 30.2 Å². The van der Waals surface area contributed by atoms with Crippen molar-refractivity contribution in [3.8, 4) is 11.3 Å². The van der Waals surface area contributed by atoms with E-state index in [1.54, 1.807) is 11.3 Å². The van der Waals surface area contributed by atoms with Crippen molar-refractivity contribution in [2.45, 2.75) is 12.8 Å². The van der Waals surface area contributed by atoms with E-state index >= 15 is 0 Å². The second-order valence-electron chi connectivity index (χ2n) is 3.37. The molecule has 0 fully saturated rings. The van der Waals surface area contributed by atoms with Gasteiger partial charge in [-0.3, -0.25) is 0 Å². The summed E-state index contributed by atoms with van der Waals surface area (Å²) in [5.41, 5.74) is 1.99. The van der Waals surface area contributed by atoms with Gasteiger partial charge in [0.05, 0.1) is 0 Å². The molecule has 0 bridgehead atoms. The van der Waals surface area contributed by atoms with E-state index in [0.29, 0.717) is 0 Å². The Kier molecular flexibility index (Phi) is 1.61. The Morgan fingerprint density at radius 1 is 1.21 bits per heavy atom. The average molecular weight is 204 g/mol. The highest BCUT2D eigenvalue weighted by atomic mass is 32.1. The Morgan fingerprint density at radius 2 is 2.14 bits per heavy atom. The van der Waals surface area contributed by atoms with Gasteiger partial charge in [0.25, 0.3) is 0 Å². The van der Waals surface area contributed by atoms with E-state index in [1.165, 1.54) is 10.9 Å². The monoisotopic (exact) mass is 204 g/mol. The fraction of sp³-hybridized carbons (Fsp3) is 0.182. The number of aryl methyl sites for hydroxylation is 2. The molecule has 0 N–H and O–H groups in total. The first-order chi connectivity index (χ1) is 6.84. The van der Waals surface area contributed by atoms with Crippen LogP contribution in [0.1, 0.15) is 10.4 Å². The summed E-state index contributed by atoms with van der Waals surface area (Å²) in [6, 6.07) is 5.40. The first kappa shape index (κ1) is 8.00. The van der Waals surface area contributed by atoms with E-state index in [0.717, 1.165) is 29.7 Å². The number of hydrogen-bond donors (Lipinski definition) is 0. The Bertz CT molecular complexity index is 536. The molecule has 2 nitrogen and oxygen atoms in total. The molecule has 70 valence electrons. The van der Waals surface area contributed by atoms with Crippen molar-refractivity contribution < 1.29 is 4.42 Å². The van der Waals surface area contributed by atoms with Gasteiger partial charge in [-0.2, -0.15) is 0 Å². The quantitative estimate of drug-likeness (QED) is 0.660. The van der Waals surface area contributed by atoms with Crippen molar-refractivity contribution >= 4 is 11.3 Å². The minimum Gasteiger partial charge on any atom is -0.422 e. The SMILES string of the molecule is O=c1ccc2c(o1)-c1ccsc1CC2. The lowest BCUT2D eigenvalue weighted by atomic mass is 9.97. The molecule has 2 heterocycles. The lowest BCUT2D eigenvalue weighted by Crippen LogP contribution is -2.05. The Balaban J connectivity index is 2.34. The maximum Gasteiger partial charge on any atom is 0.336 e. The summed E-state index contributed by atoms with van der Waals surface area (Å²) in [6.45, 7) is 0. The zero-order valence-corrected chi connectivity index (χ0v) is 8.26. The zero-order valence-electron chi connectivity index (χ0n) is 7.45. The lowest BCUT2D eigenvalue weighted by molar-refractivity contribution is 0.516.